The quantitative estimate of drug-likeness (QED) is 0.147. The molecule has 0 unspecified atom stereocenters. The Hall–Kier alpha value is -5.44. The summed E-state index contributed by atoms with van der Waals surface area (Å²) in [6.07, 6.45) is -5.16. The van der Waals surface area contributed by atoms with Crippen molar-refractivity contribution in [3.63, 3.8) is 0 Å². The topological polar surface area (TPSA) is 82.1 Å². The van der Waals surface area contributed by atoms with Gasteiger partial charge in [-0.25, -0.2) is 27.5 Å². The van der Waals surface area contributed by atoms with Crippen LogP contribution in [-0.4, -0.2) is 58.0 Å². The van der Waals surface area contributed by atoms with E-state index >= 15 is 0 Å². The van der Waals surface area contributed by atoms with Gasteiger partial charge in [-0.3, -0.25) is 0 Å². The number of hydrogen-bond donors (Lipinski definition) is 2. The molecule has 2 aliphatic heterocycles. The molecule has 0 saturated carbocycles. The van der Waals surface area contributed by atoms with Gasteiger partial charge in [0.2, 0.25) is 11.9 Å². The zero-order valence-electron chi connectivity index (χ0n) is 30.5. The standard InChI is InChI=1S/C21H19F5N4.C20H19ClF2N4/c22-20(23)9-11-30(12-10-20)18-16-3-1-2-4-17(16)28-19(29-18)27-13-14-5-7-15(8-6-14)21(24,25)26;21-15-7-5-14(6-8-15)13-24-19-25-17-4-2-1-3-16(17)18(26-19)27-11-9-20(22,23)10-12-27/h1-8H,9-13H2,(H,27,28,29);1-8H,9-13H2,(H,24,25,26). The molecule has 4 aromatic carbocycles. The Labute approximate surface area is 329 Å². The minimum absolute atomic E-state index is 0.154. The highest BCUT2D eigenvalue weighted by Crippen LogP contribution is 2.35. The molecule has 2 aliphatic rings. The monoisotopic (exact) mass is 810 g/mol. The van der Waals surface area contributed by atoms with E-state index in [2.05, 4.69) is 30.6 Å². The maximum Gasteiger partial charge on any atom is 0.416 e. The summed E-state index contributed by atoms with van der Waals surface area (Å²) in [4.78, 5) is 21.9. The van der Waals surface area contributed by atoms with Crippen LogP contribution in [0.5, 0.6) is 0 Å². The van der Waals surface area contributed by atoms with E-state index in [0.717, 1.165) is 34.0 Å². The van der Waals surface area contributed by atoms with Gasteiger partial charge in [0.05, 0.1) is 16.6 Å². The lowest BCUT2D eigenvalue weighted by Gasteiger charge is -2.33. The minimum atomic E-state index is -4.38. The fourth-order valence-electron chi connectivity index (χ4n) is 6.63. The minimum Gasteiger partial charge on any atom is -0.355 e. The van der Waals surface area contributed by atoms with Crippen molar-refractivity contribution in [2.24, 2.45) is 0 Å². The summed E-state index contributed by atoms with van der Waals surface area (Å²) in [5.41, 5.74) is 2.43. The van der Waals surface area contributed by atoms with Gasteiger partial charge in [0.25, 0.3) is 11.8 Å². The van der Waals surface area contributed by atoms with Crippen LogP contribution in [0.2, 0.25) is 5.02 Å². The number of anilines is 4. The molecule has 2 fully saturated rings. The maximum atomic E-state index is 13.6. The zero-order valence-corrected chi connectivity index (χ0v) is 31.3. The van der Waals surface area contributed by atoms with Crippen LogP contribution in [-0.2, 0) is 19.3 Å². The second-order valence-corrected chi connectivity index (χ2v) is 14.4. The van der Waals surface area contributed by atoms with Crippen LogP contribution in [0.25, 0.3) is 21.8 Å². The number of halogens is 8. The fraction of sp³-hybridized carbons (Fsp3) is 0.317. The van der Waals surface area contributed by atoms with Gasteiger partial charge in [0.15, 0.2) is 0 Å². The van der Waals surface area contributed by atoms with Gasteiger partial charge >= 0.3 is 6.18 Å². The number of benzene rings is 4. The van der Waals surface area contributed by atoms with Gasteiger partial charge in [-0.05, 0) is 59.7 Å². The van der Waals surface area contributed by atoms with Crippen molar-refractivity contribution in [1.82, 2.24) is 19.9 Å². The molecule has 0 atom stereocenters. The molecule has 2 aromatic heterocycles. The first-order valence-corrected chi connectivity index (χ1v) is 18.8. The van der Waals surface area contributed by atoms with E-state index in [9.17, 15) is 30.7 Å². The third kappa shape index (κ3) is 10.1. The number of para-hydroxylation sites is 2. The van der Waals surface area contributed by atoms with Crippen molar-refractivity contribution in [3.8, 4) is 0 Å². The van der Waals surface area contributed by atoms with Crippen molar-refractivity contribution in [2.75, 3.05) is 46.6 Å². The lowest BCUT2D eigenvalue weighted by Crippen LogP contribution is -2.40. The maximum absolute atomic E-state index is 13.6. The van der Waals surface area contributed by atoms with Gasteiger partial charge in [-0.15, -0.1) is 0 Å². The Morgan fingerprint density at radius 1 is 0.544 bits per heavy atom. The Morgan fingerprint density at radius 2 is 0.930 bits per heavy atom. The zero-order chi connectivity index (χ0) is 40.2. The summed E-state index contributed by atoms with van der Waals surface area (Å²) in [6, 6.07) is 27.3. The average Bonchev–Trinajstić information content (AvgIpc) is 3.19. The molecular weight excluding hydrogens is 773 g/mol. The second-order valence-electron chi connectivity index (χ2n) is 14.0. The summed E-state index contributed by atoms with van der Waals surface area (Å²) >= 11 is 5.92. The molecule has 0 radical (unpaired) electrons. The molecule has 8 nitrogen and oxygen atoms in total. The van der Waals surface area contributed by atoms with Crippen molar-refractivity contribution in [3.05, 3.63) is 119 Å². The average molecular weight is 811 g/mol. The van der Waals surface area contributed by atoms with E-state index in [1.165, 1.54) is 12.1 Å². The Bertz CT molecular complexity index is 2290. The Morgan fingerprint density at radius 3 is 1.33 bits per heavy atom. The molecule has 0 spiro atoms. The molecule has 2 N–H and O–H groups in total. The number of piperidine rings is 2. The van der Waals surface area contributed by atoms with Crippen molar-refractivity contribution >= 4 is 56.9 Å². The van der Waals surface area contributed by atoms with E-state index in [4.69, 9.17) is 11.6 Å². The smallest absolute Gasteiger partial charge is 0.355 e. The molecule has 0 bridgehead atoms. The van der Waals surface area contributed by atoms with Crippen molar-refractivity contribution in [2.45, 2.75) is 56.8 Å². The summed E-state index contributed by atoms with van der Waals surface area (Å²) < 4.78 is 92.3. The predicted octanol–water partition coefficient (Wildman–Crippen LogP) is 10.6. The fourth-order valence-corrected chi connectivity index (χ4v) is 6.75. The number of nitrogens with zero attached hydrogens (tertiary/aromatic N) is 6. The molecule has 4 heterocycles. The van der Waals surface area contributed by atoms with Gasteiger partial charge in [-0.2, -0.15) is 23.1 Å². The Kier molecular flexibility index (Phi) is 11.6. The van der Waals surface area contributed by atoms with Crippen LogP contribution >= 0.6 is 11.6 Å². The van der Waals surface area contributed by atoms with Gasteiger partial charge in [-0.1, -0.05) is 60.1 Å². The lowest BCUT2D eigenvalue weighted by atomic mass is 10.1. The number of aromatic nitrogens is 4. The van der Waals surface area contributed by atoms with E-state index in [0.29, 0.717) is 46.2 Å². The lowest BCUT2D eigenvalue weighted by molar-refractivity contribution is -0.137. The van der Waals surface area contributed by atoms with Gasteiger partial charge in [0.1, 0.15) is 11.6 Å². The second kappa shape index (κ2) is 16.6. The van der Waals surface area contributed by atoms with E-state index in [1.807, 2.05) is 82.6 Å². The van der Waals surface area contributed by atoms with Crippen LogP contribution in [0.1, 0.15) is 42.4 Å². The highest BCUT2D eigenvalue weighted by molar-refractivity contribution is 6.30. The molecule has 298 valence electrons. The molecule has 16 heteroatoms. The molecule has 2 saturated heterocycles. The van der Waals surface area contributed by atoms with Gasteiger partial charge < -0.3 is 20.4 Å². The van der Waals surface area contributed by atoms with E-state index in [-0.39, 0.29) is 58.4 Å². The number of alkyl halides is 7. The molecule has 6 aromatic rings. The number of rotatable bonds is 8. The summed E-state index contributed by atoms with van der Waals surface area (Å²) in [5, 5.41) is 8.58. The SMILES string of the molecule is FC1(F)CCN(c2nc(NCc3ccc(C(F)(F)F)cc3)nc3ccccc23)CC1.FC1(F)CCN(c2nc(NCc3ccc(Cl)cc3)nc3ccccc23)CC1. The highest BCUT2D eigenvalue weighted by atomic mass is 35.5. The van der Waals surface area contributed by atoms with Crippen LogP contribution in [0, 0.1) is 0 Å². The van der Waals surface area contributed by atoms with Crippen LogP contribution in [0.15, 0.2) is 97.1 Å². The van der Waals surface area contributed by atoms with Crippen LogP contribution in [0.3, 0.4) is 0 Å². The third-order valence-electron chi connectivity index (χ3n) is 9.85. The molecule has 8 rings (SSSR count). The number of fused-ring (bicyclic) bond motifs is 2. The normalized spacial score (nSPS) is 16.6. The summed E-state index contributed by atoms with van der Waals surface area (Å²) in [7, 11) is 0. The molecular formula is C41H38ClF7N8. The van der Waals surface area contributed by atoms with Crippen LogP contribution in [0.4, 0.5) is 54.3 Å². The van der Waals surface area contributed by atoms with Gasteiger partial charge in [0, 0.05) is 80.7 Å². The molecule has 0 aliphatic carbocycles. The first-order chi connectivity index (χ1) is 27.2. The third-order valence-corrected chi connectivity index (χ3v) is 10.1. The van der Waals surface area contributed by atoms with Crippen molar-refractivity contribution in [1.29, 1.82) is 0 Å². The first kappa shape index (κ1) is 39.8. The Balaban J connectivity index is 0.000000175. The number of hydrogen-bond acceptors (Lipinski definition) is 8. The predicted molar refractivity (Wildman–Crippen MR) is 209 cm³/mol. The van der Waals surface area contributed by atoms with E-state index in [1.54, 1.807) is 0 Å². The summed E-state index contributed by atoms with van der Waals surface area (Å²) in [6.45, 7) is 1.72. The number of nitrogens with one attached hydrogen (secondary N) is 2. The van der Waals surface area contributed by atoms with Crippen LogP contribution < -0.4 is 20.4 Å². The highest BCUT2D eigenvalue weighted by Gasteiger charge is 2.36. The van der Waals surface area contributed by atoms with E-state index < -0.39 is 23.6 Å². The molecule has 0 amide bonds. The summed E-state index contributed by atoms with van der Waals surface area (Å²) in [5.74, 6) is -3.20. The largest absolute Gasteiger partial charge is 0.416 e. The van der Waals surface area contributed by atoms with Crippen molar-refractivity contribution < 1.29 is 30.7 Å². The molecule has 57 heavy (non-hydrogen) atoms. The first-order valence-electron chi connectivity index (χ1n) is 18.4.